The van der Waals surface area contributed by atoms with Crippen molar-refractivity contribution in [3.63, 3.8) is 0 Å². The van der Waals surface area contributed by atoms with E-state index in [0.29, 0.717) is 5.56 Å². The van der Waals surface area contributed by atoms with Gasteiger partial charge in [-0.05, 0) is 12.1 Å². The molecule has 2 aromatic heterocycles. The number of aromatic nitrogens is 2. The Labute approximate surface area is 119 Å². The second-order valence-corrected chi connectivity index (χ2v) is 6.17. The van der Waals surface area contributed by atoms with Crippen molar-refractivity contribution in [3.8, 4) is 0 Å². The molecule has 2 heterocycles. The summed E-state index contributed by atoms with van der Waals surface area (Å²) in [6.45, 7) is 0. The largest absolute Gasteiger partial charge is 0.254 e. The predicted molar refractivity (Wildman–Crippen MR) is 76.3 cm³/mol. The lowest BCUT2D eigenvalue weighted by Crippen LogP contribution is -2.02. The molecule has 2 nitrogen and oxygen atoms in total. The number of pyridine rings is 2. The van der Waals surface area contributed by atoms with Gasteiger partial charge in [-0.1, -0.05) is 53.0 Å². The van der Waals surface area contributed by atoms with Crippen molar-refractivity contribution in [3.05, 3.63) is 48.3 Å². The zero-order chi connectivity index (χ0) is 12.8. The van der Waals surface area contributed by atoms with Gasteiger partial charge >= 0.3 is 0 Å². The molecule has 0 N–H and O–H groups in total. The average molecular weight is 298 g/mol. The average Bonchev–Trinajstić information content (AvgIpc) is 2.36. The van der Waals surface area contributed by atoms with Crippen LogP contribution in [0.3, 0.4) is 0 Å². The first-order valence-corrected chi connectivity index (χ1v) is 6.40. The maximum atomic E-state index is 5.97. The minimum Gasteiger partial charge on any atom is -0.254 e. The van der Waals surface area contributed by atoms with Gasteiger partial charge in [-0.3, -0.25) is 9.97 Å². The van der Waals surface area contributed by atoms with Crippen LogP contribution in [-0.2, 0) is 3.79 Å². The van der Waals surface area contributed by atoms with Crippen LogP contribution in [0.5, 0.6) is 0 Å². The molecule has 3 rings (SSSR count). The highest BCUT2D eigenvalue weighted by Gasteiger charge is 2.25. The van der Waals surface area contributed by atoms with E-state index in [4.69, 9.17) is 34.8 Å². The van der Waals surface area contributed by atoms with Crippen LogP contribution in [0.25, 0.3) is 21.8 Å². The summed E-state index contributed by atoms with van der Waals surface area (Å²) in [5, 5.41) is 1.82. The van der Waals surface area contributed by atoms with Crippen LogP contribution in [0.2, 0.25) is 0 Å². The number of halogens is 3. The van der Waals surface area contributed by atoms with Gasteiger partial charge in [0.1, 0.15) is 0 Å². The number of nitrogens with zero attached hydrogens (tertiary/aromatic N) is 2. The van der Waals surface area contributed by atoms with Crippen LogP contribution in [0.15, 0.2) is 42.7 Å². The van der Waals surface area contributed by atoms with Crippen LogP contribution < -0.4 is 0 Å². The minimum absolute atomic E-state index is 0.616. The van der Waals surface area contributed by atoms with E-state index >= 15 is 0 Å². The summed E-state index contributed by atoms with van der Waals surface area (Å²) in [4.78, 5) is 8.69. The Morgan fingerprint density at radius 2 is 1.61 bits per heavy atom. The third-order valence-corrected chi connectivity index (χ3v) is 3.40. The molecule has 90 valence electrons. The predicted octanol–water partition coefficient (Wildman–Crippen LogP) is 4.61. The van der Waals surface area contributed by atoms with Crippen molar-refractivity contribution in [2.45, 2.75) is 3.79 Å². The second-order valence-electron chi connectivity index (χ2n) is 3.89. The van der Waals surface area contributed by atoms with E-state index in [9.17, 15) is 0 Å². The molecule has 0 amide bonds. The number of hydrogen-bond acceptors (Lipinski definition) is 2. The molecular formula is C13H7Cl3N2. The zero-order valence-corrected chi connectivity index (χ0v) is 11.3. The summed E-state index contributed by atoms with van der Waals surface area (Å²) in [7, 11) is 0. The summed E-state index contributed by atoms with van der Waals surface area (Å²) in [5.74, 6) is 0. The van der Waals surface area contributed by atoms with Gasteiger partial charge in [0.2, 0.25) is 3.79 Å². The van der Waals surface area contributed by atoms with Crippen LogP contribution in [0.4, 0.5) is 0 Å². The first-order valence-electron chi connectivity index (χ1n) is 5.27. The van der Waals surface area contributed by atoms with Gasteiger partial charge in [0.05, 0.1) is 11.0 Å². The van der Waals surface area contributed by atoms with E-state index < -0.39 is 3.79 Å². The van der Waals surface area contributed by atoms with E-state index in [1.165, 1.54) is 0 Å². The molecule has 0 saturated carbocycles. The maximum absolute atomic E-state index is 5.97. The first kappa shape index (κ1) is 12.0. The van der Waals surface area contributed by atoms with Gasteiger partial charge in [0.15, 0.2) is 0 Å². The molecule has 0 aliphatic carbocycles. The number of fused-ring (bicyclic) bond motifs is 3. The summed E-state index contributed by atoms with van der Waals surface area (Å²) in [6, 6.07) is 9.43. The topological polar surface area (TPSA) is 25.8 Å². The van der Waals surface area contributed by atoms with E-state index in [2.05, 4.69) is 9.97 Å². The van der Waals surface area contributed by atoms with Gasteiger partial charge in [-0.15, -0.1) is 0 Å². The van der Waals surface area contributed by atoms with Crippen molar-refractivity contribution in [2.75, 3.05) is 0 Å². The van der Waals surface area contributed by atoms with Crippen molar-refractivity contribution < 1.29 is 0 Å². The van der Waals surface area contributed by atoms with E-state index in [0.717, 1.165) is 21.8 Å². The SMILES string of the molecule is ClC(Cl)(Cl)c1ccnc2c1ccc1cccnc12. The van der Waals surface area contributed by atoms with Gasteiger partial charge in [0.25, 0.3) is 0 Å². The Bertz CT molecular complexity index is 735. The molecule has 0 unspecified atom stereocenters. The Morgan fingerprint density at radius 3 is 2.39 bits per heavy atom. The fourth-order valence-electron chi connectivity index (χ4n) is 2.00. The summed E-state index contributed by atoms with van der Waals surface area (Å²) < 4.78 is -1.47. The lowest BCUT2D eigenvalue weighted by Gasteiger charge is -2.14. The standard InChI is InChI=1S/C13H7Cl3N2/c14-13(15,16)10-5-7-18-12-9(10)4-3-8-2-1-6-17-11(8)12/h1-7H. The molecule has 3 aromatic rings. The van der Waals surface area contributed by atoms with Gasteiger partial charge in [0, 0.05) is 28.7 Å². The van der Waals surface area contributed by atoms with Crippen LogP contribution in [0, 0.1) is 0 Å². The fourth-order valence-corrected chi connectivity index (χ4v) is 2.50. The first-order chi connectivity index (χ1) is 8.57. The summed E-state index contributed by atoms with van der Waals surface area (Å²) >= 11 is 17.9. The molecule has 0 radical (unpaired) electrons. The maximum Gasteiger partial charge on any atom is 0.216 e. The lowest BCUT2D eigenvalue weighted by atomic mass is 10.1. The smallest absolute Gasteiger partial charge is 0.216 e. The number of alkyl halides is 3. The Balaban J connectivity index is 2.48. The van der Waals surface area contributed by atoms with Crippen molar-refractivity contribution in [1.82, 2.24) is 9.97 Å². The number of rotatable bonds is 0. The Hall–Kier alpha value is -1.09. The Morgan fingerprint density at radius 1 is 0.833 bits per heavy atom. The number of hydrogen-bond donors (Lipinski definition) is 0. The molecule has 0 atom stereocenters. The van der Waals surface area contributed by atoms with E-state index in [1.807, 2.05) is 24.3 Å². The molecule has 0 bridgehead atoms. The van der Waals surface area contributed by atoms with E-state index in [1.54, 1.807) is 18.5 Å². The van der Waals surface area contributed by atoms with Crippen molar-refractivity contribution in [2.24, 2.45) is 0 Å². The molecule has 0 fully saturated rings. The quantitative estimate of drug-likeness (QED) is 0.447. The fraction of sp³-hybridized carbons (Fsp3) is 0.0769. The lowest BCUT2D eigenvalue weighted by molar-refractivity contribution is 1.24. The summed E-state index contributed by atoms with van der Waals surface area (Å²) in [5.41, 5.74) is 2.17. The highest BCUT2D eigenvalue weighted by atomic mass is 35.6. The molecule has 0 spiro atoms. The highest BCUT2D eigenvalue weighted by Crippen LogP contribution is 2.41. The molecule has 0 aliphatic heterocycles. The van der Waals surface area contributed by atoms with Gasteiger partial charge < -0.3 is 0 Å². The monoisotopic (exact) mass is 296 g/mol. The third-order valence-electron chi connectivity index (χ3n) is 2.79. The highest BCUT2D eigenvalue weighted by molar-refractivity contribution is 6.67. The van der Waals surface area contributed by atoms with E-state index in [-0.39, 0.29) is 0 Å². The molecule has 1 aromatic carbocycles. The van der Waals surface area contributed by atoms with Gasteiger partial charge in [-0.25, -0.2) is 0 Å². The molecular weight excluding hydrogens is 291 g/mol. The summed E-state index contributed by atoms with van der Waals surface area (Å²) in [6.07, 6.45) is 3.36. The zero-order valence-electron chi connectivity index (χ0n) is 9.07. The molecule has 0 saturated heterocycles. The molecule has 0 aliphatic rings. The molecule has 5 heteroatoms. The second kappa shape index (κ2) is 4.23. The number of benzene rings is 1. The minimum atomic E-state index is -1.47. The third kappa shape index (κ3) is 1.91. The van der Waals surface area contributed by atoms with Crippen molar-refractivity contribution >= 4 is 56.6 Å². The van der Waals surface area contributed by atoms with Crippen LogP contribution in [-0.4, -0.2) is 9.97 Å². The Kier molecular flexibility index (Phi) is 2.81. The van der Waals surface area contributed by atoms with Crippen molar-refractivity contribution in [1.29, 1.82) is 0 Å². The normalized spacial score (nSPS) is 12.2. The van der Waals surface area contributed by atoms with Crippen LogP contribution in [0.1, 0.15) is 5.56 Å². The van der Waals surface area contributed by atoms with Crippen LogP contribution >= 0.6 is 34.8 Å². The van der Waals surface area contributed by atoms with Gasteiger partial charge in [-0.2, -0.15) is 0 Å². The molecule has 18 heavy (non-hydrogen) atoms.